The first kappa shape index (κ1) is 19.6. The second kappa shape index (κ2) is 8.33. The van der Waals surface area contributed by atoms with Gasteiger partial charge in [0.15, 0.2) is 0 Å². The lowest BCUT2D eigenvalue weighted by Gasteiger charge is -2.33. The molecule has 1 amide bonds. The lowest BCUT2D eigenvalue weighted by molar-refractivity contribution is 0.0715. The van der Waals surface area contributed by atoms with E-state index in [9.17, 15) is 14.8 Å². The van der Waals surface area contributed by atoms with Crippen molar-refractivity contribution in [1.82, 2.24) is 9.88 Å². The summed E-state index contributed by atoms with van der Waals surface area (Å²) >= 11 is 0. The van der Waals surface area contributed by atoms with E-state index in [1.807, 2.05) is 23.1 Å². The smallest absolute Gasteiger partial charge is 0.423 e. The first-order chi connectivity index (χ1) is 14.1. The van der Waals surface area contributed by atoms with Gasteiger partial charge in [0.1, 0.15) is 0 Å². The molecule has 2 aromatic carbocycles. The van der Waals surface area contributed by atoms with Crippen molar-refractivity contribution in [3.05, 3.63) is 71.5 Å². The van der Waals surface area contributed by atoms with Gasteiger partial charge in [0, 0.05) is 48.4 Å². The monoisotopic (exact) mass is 389 g/mol. The molecule has 2 heterocycles. The van der Waals surface area contributed by atoms with Crippen LogP contribution < -0.4 is 11.2 Å². The average Bonchev–Trinajstić information content (AvgIpc) is 2.77. The molecule has 7 heteroatoms. The summed E-state index contributed by atoms with van der Waals surface area (Å²) < 4.78 is 0. The Morgan fingerprint density at radius 1 is 1.14 bits per heavy atom. The van der Waals surface area contributed by atoms with Gasteiger partial charge in [-0.15, -0.1) is 0 Å². The van der Waals surface area contributed by atoms with E-state index in [4.69, 9.17) is 5.73 Å². The Kier molecular flexibility index (Phi) is 5.62. The molecule has 1 saturated heterocycles. The molecule has 0 saturated carbocycles. The second-order valence-electron chi connectivity index (χ2n) is 7.52. The first-order valence-corrected chi connectivity index (χ1v) is 9.89. The number of rotatable bonds is 4. The van der Waals surface area contributed by atoms with Gasteiger partial charge < -0.3 is 20.7 Å². The minimum atomic E-state index is -1.68. The van der Waals surface area contributed by atoms with Gasteiger partial charge in [0.05, 0.1) is 0 Å². The number of amides is 1. The highest BCUT2D eigenvalue weighted by atomic mass is 16.4. The van der Waals surface area contributed by atoms with Crippen LogP contribution in [0.4, 0.5) is 0 Å². The number of fused-ring (bicyclic) bond motifs is 1. The number of nitrogens with two attached hydrogens (primary N) is 1. The summed E-state index contributed by atoms with van der Waals surface area (Å²) in [7, 11) is -1.68. The van der Waals surface area contributed by atoms with Crippen LogP contribution in [0.25, 0.3) is 10.8 Å². The van der Waals surface area contributed by atoms with Crippen LogP contribution in [0, 0.1) is 0 Å². The summed E-state index contributed by atoms with van der Waals surface area (Å²) in [6.07, 6.45) is 4.82. The van der Waals surface area contributed by atoms with Gasteiger partial charge in [-0.3, -0.25) is 9.78 Å². The van der Waals surface area contributed by atoms with Crippen LogP contribution in [-0.4, -0.2) is 46.0 Å². The van der Waals surface area contributed by atoms with Crippen LogP contribution >= 0.6 is 0 Å². The van der Waals surface area contributed by atoms with Crippen molar-refractivity contribution in [1.29, 1.82) is 0 Å². The van der Waals surface area contributed by atoms with E-state index in [2.05, 4.69) is 17.1 Å². The van der Waals surface area contributed by atoms with Crippen LogP contribution in [0.15, 0.2) is 54.9 Å². The highest BCUT2D eigenvalue weighted by molar-refractivity contribution is 6.62. The summed E-state index contributed by atoms with van der Waals surface area (Å²) in [5.74, 6) is 0.329. The number of carbonyl (C=O) groups excluding carboxylic acids is 1. The van der Waals surface area contributed by atoms with E-state index in [-0.39, 0.29) is 11.4 Å². The number of aromatic nitrogens is 1. The van der Waals surface area contributed by atoms with Crippen molar-refractivity contribution in [3.63, 3.8) is 0 Å². The number of likely N-dealkylation sites (tertiary alicyclic amines) is 1. The third-order valence-electron chi connectivity index (χ3n) is 5.76. The molecule has 1 aromatic heterocycles. The molecule has 0 bridgehead atoms. The van der Waals surface area contributed by atoms with Crippen molar-refractivity contribution < 1.29 is 14.8 Å². The fourth-order valence-corrected chi connectivity index (χ4v) is 4.20. The second-order valence-corrected chi connectivity index (χ2v) is 7.52. The third kappa shape index (κ3) is 3.89. The Hall–Kier alpha value is -2.74. The zero-order valence-corrected chi connectivity index (χ0v) is 16.2. The van der Waals surface area contributed by atoms with E-state index in [0.29, 0.717) is 36.5 Å². The van der Waals surface area contributed by atoms with Crippen LogP contribution in [-0.2, 0) is 6.54 Å². The van der Waals surface area contributed by atoms with Crippen LogP contribution in [0.2, 0.25) is 0 Å². The maximum Gasteiger partial charge on any atom is 0.490 e. The van der Waals surface area contributed by atoms with Gasteiger partial charge in [-0.05, 0) is 41.3 Å². The lowest BCUT2D eigenvalue weighted by Crippen LogP contribution is -2.39. The van der Waals surface area contributed by atoms with E-state index in [1.54, 1.807) is 18.3 Å². The van der Waals surface area contributed by atoms with Gasteiger partial charge in [0.25, 0.3) is 5.91 Å². The van der Waals surface area contributed by atoms with Gasteiger partial charge in [-0.1, -0.05) is 36.4 Å². The molecule has 0 radical (unpaired) electrons. The van der Waals surface area contributed by atoms with Crippen LogP contribution in [0.5, 0.6) is 0 Å². The minimum absolute atomic E-state index is 0.0853. The molecule has 0 aliphatic carbocycles. The number of benzene rings is 2. The van der Waals surface area contributed by atoms with Crippen molar-refractivity contribution in [2.45, 2.75) is 25.3 Å². The van der Waals surface area contributed by atoms with Gasteiger partial charge in [-0.2, -0.15) is 0 Å². The normalized spacial score (nSPS) is 14.9. The molecule has 1 aliphatic rings. The molecule has 29 heavy (non-hydrogen) atoms. The third-order valence-corrected chi connectivity index (χ3v) is 5.76. The summed E-state index contributed by atoms with van der Waals surface area (Å²) in [4.78, 5) is 19.2. The Labute approximate surface area is 170 Å². The molecule has 0 spiro atoms. The first-order valence-electron chi connectivity index (χ1n) is 9.89. The van der Waals surface area contributed by atoms with E-state index < -0.39 is 7.12 Å². The number of hydrogen-bond donors (Lipinski definition) is 3. The molecule has 0 unspecified atom stereocenters. The van der Waals surface area contributed by atoms with Crippen molar-refractivity contribution in [3.8, 4) is 0 Å². The molecule has 1 fully saturated rings. The molecular formula is C22H24BN3O3. The Balaban J connectivity index is 1.56. The Morgan fingerprint density at radius 3 is 2.62 bits per heavy atom. The number of piperidine rings is 1. The highest BCUT2D eigenvalue weighted by Crippen LogP contribution is 2.30. The summed E-state index contributed by atoms with van der Waals surface area (Å²) in [5, 5.41) is 20.7. The zero-order valence-electron chi connectivity index (χ0n) is 16.2. The van der Waals surface area contributed by atoms with Crippen molar-refractivity contribution in [2.24, 2.45) is 5.73 Å². The van der Waals surface area contributed by atoms with E-state index in [1.165, 1.54) is 11.8 Å². The zero-order chi connectivity index (χ0) is 20.4. The maximum absolute atomic E-state index is 13.3. The Bertz CT molecular complexity index is 1030. The topological polar surface area (TPSA) is 99.7 Å². The predicted molar refractivity (Wildman–Crippen MR) is 114 cm³/mol. The quantitative estimate of drug-likeness (QED) is 0.586. The lowest BCUT2D eigenvalue weighted by atomic mass is 9.77. The molecule has 148 valence electrons. The van der Waals surface area contributed by atoms with Gasteiger partial charge >= 0.3 is 7.12 Å². The minimum Gasteiger partial charge on any atom is -0.423 e. The predicted octanol–water partition coefficient (Wildman–Crippen LogP) is 1.39. The molecular weight excluding hydrogens is 365 g/mol. The van der Waals surface area contributed by atoms with Crippen molar-refractivity contribution >= 4 is 29.3 Å². The van der Waals surface area contributed by atoms with Gasteiger partial charge in [0.2, 0.25) is 0 Å². The number of hydrogen-bond acceptors (Lipinski definition) is 5. The molecule has 0 atom stereocenters. The van der Waals surface area contributed by atoms with Crippen molar-refractivity contribution in [2.75, 3.05) is 13.1 Å². The number of pyridine rings is 1. The highest BCUT2D eigenvalue weighted by Gasteiger charge is 2.27. The standard InChI is InChI=1S/C22H24BN3O3/c24-12-15-3-1-4-17(11-15)16-7-9-26(10-8-16)22(27)19-6-2-5-18-13-25-14-20(21(18)19)23(28)29/h1-6,11,13-14,16,28-29H,7-10,12,24H2. The average molecular weight is 389 g/mol. The number of carbonyl (C=O) groups is 1. The van der Waals surface area contributed by atoms with E-state index >= 15 is 0 Å². The largest absolute Gasteiger partial charge is 0.490 e. The molecule has 1 aliphatic heterocycles. The Morgan fingerprint density at radius 2 is 1.90 bits per heavy atom. The van der Waals surface area contributed by atoms with Crippen LogP contribution in [0.3, 0.4) is 0 Å². The SMILES string of the molecule is NCc1cccc(C2CCN(C(=O)c3cccc4cncc(B(O)O)c34)CC2)c1. The molecule has 4 N–H and O–H groups in total. The fraction of sp³-hybridized carbons (Fsp3) is 0.273. The van der Waals surface area contributed by atoms with E-state index in [0.717, 1.165) is 23.8 Å². The number of nitrogens with zero attached hydrogens (tertiary/aromatic N) is 2. The van der Waals surface area contributed by atoms with Gasteiger partial charge in [-0.25, -0.2) is 0 Å². The molecule has 3 aromatic rings. The molecule has 4 rings (SSSR count). The summed E-state index contributed by atoms with van der Waals surface area (Å²) in [6.45, 7) is 1.85. The molecule has 6 nitrogen and oxygen atoms in total. The summed E-state index contributed by atoms with van der Waals surface area (Å²) in [5.41, 5.74) is 8.90. The maximum atomic E-state index is 13.3. The van der Waals surface area contributed by atoms with Crippen LogP contribution in [0.1, 0.15) is 40.2 Å². The fourth-order valence-electron chi connectivity index (χ4n) is 4.20. The summed E-state index contributed by atoms with van der Waals surface area (Å²) in [6, 6.07) is 13.7.